The smallest absolute Gasteiger partial charge is 0.0561 e. The van der Waals surface area contributed by atoms with Crippen molar-refractivity contribution >= 4 is 127 Å². The second kappa shape index (κ2) is 20.5. The van der Waals surface area contributed by atoms with Crippen LogP contribution in [0.3, 0.4) is 0 Å². The molecule has 0 aromatic heterocycles. The second-order valence-electron chi connectivity index (χ2n) is 21.9. The van der Waals surface area contributed by atoms with Crippen molar-refractivity contribution in [1.82, 2.24) is 0 Å². The molecule has 0 spiro atoms. The fraction of sp³-hybridized carbons (Fsp3) is 0.0123. The van der Waals surface area contributed by atoms with E-state index in [0.29, 0.717) is 0 Å². The number of fused-ring (bicyclic) bond motifs is 4. The predicted octanol–water partition coefficient (Wildman–Crippen LogP) is 22.8. The molecule has 0 saturated heterocycles. The lowest BCUT2D eigenvalue weighted by Crippen LogP contribution is -2.16. The molecular formula is C81H55N3. The van der Waals surface area contributed by atoms with Gasteiger partial charge in [-0.2, -0.15) is 0 Å². The predicted molar refractivity (Wildman–Crippen MR) is 358 cm³/mol. The molecule has 0 amide bonds. The molecule has 0 heterocycles. The van der Waals surface area contributed by atoms with Crippen LogP contribution in [0, 0.1) is 0 Å². The van der Waals surface area contributed by atoms with Gasteiger partial charge in [-0.05, 0) is 121 Å². The molecule has 394 valence electrons. The van der Waals surface area contributed by atoms with Crippen LogP contribution in [0.5, 0.6) is 0 Å². The highest BCUT2D eigenvalue weighted by molar-refractivity contribution is 6.32. The molecule has 0 N–H and O–H groups in total. The highest BCUT2D eigenvalue weighted by Gasteiger charge is 2.31. The largest absolute Gasteiger partial charge is 0.309 e. The van der Waals surface area contributed by atoms with Crippen LogP contribution in [-0.4, -0.2) is 0 Å². The first kappa shape index (κ1) is 48.9. The van der Waals surface area contributed by atoms with Gasteiger partial charge in [-0.15, -0.1) is 0 Å². The van der Waals surface area contributed by atoms with Crippen LogP contribution in [0.15, 0.2) is 328 Å². The van der Waals surface area contributed by atoms with E-state index in [1.54, 1.807) is 0 Å². The molecule has 0 radical (unpaired) electrons. The number of hydrogen-bond donors (Lipinski definition) is 0. The summed E-state index contributed by atoms with van der Waals surface area (Å²) < 4.78 is 0. The zero-order valence-electron chi connectivity index (χ0n) is 46.1. The van der Waals surface area contributed by atoms with Crippen LogP contribution in [0.2, 0.25) is 0 Å². The van der Waals surface area contributed by atoms with Gasteiger partial charge in [0.1, 0.15) is 0 Å². The number of nitrogens with zero attached hydrogens (tertiary/aromatic N) is 3. The molecule has 0 saturated carbocycles. The molecule has 16 rings (SSSR count). The monoisotopic (exact) mass is 1070 g/mol. The van der Waals surface area contributed by atoms with E-state index in [-0.39, 0.29) is 5.92 Å². The lowest BCUT2D eigenvalue weighted by atomic mass is 9.78. The van der Waals surface area contributed by atoms with Gasteiger partial charge in [0.25, 0.3) is 0 Å². The summed E-state index contributed by atoms with van der Waals surface area (Å²) in [5, 5.41) is 16.6. The molecule has 0 aliphatic carbocycles. The number of hydrogen-bond acceptors (Lipinski definition) is 3. The van der Waals surface area contributed by atoms with E-state index in [2.05, 4.69) is 342 Å². The summed E-state index contributed by atoms with van der Waals surface area (Å²) in [7, 11) is 0. The topological polar surface area (TPSA) is 9.72 Å². The van der Waals surface area contributed by atoms with Crippen LogP contribution in [0.4, 0.5) is 51.2 Å². The Bertz CT molecular complexity index is 4440. The van der Waals surface area contributed by atoms with Crippen LogP contribution in [0.1, 0.15) is 22.6 Å². The fourth-order valence-corrected chi connectivity index (χ4v) is 13.6. The molecule has 1 atom stereocenters. The van der Waals surface area contributed by atoms with Crippen molar-refractivity contribution in [2.45, 2.75) is 5.92 Å². The van der Waals surface area contributed by atoms with Crippen molar-refractivity contribution in [2.75, 3.05) is 14.7 Å². The van der Waals surface area contributed by atoms with Gasteiger partial charge in [-0.1, -0.05) is 261 Å². The number of rotatable bonds is 12. The highest BCUT2D eigenvalue weighted by atomic mass is 15.2. The first-order valence-corrected chi connectivity index (χ1v) is 29.0. The van der Waals surface area contributed by atoms with Gasteiger partial charge < -0.3 is 14.7 Å². The van der Waals surface area contributed by atoms with Gasteiger partial charge in [0, 0.05) is 60.7 Å². The number of benzene rings is 16. The van der Waals surface area contributed by atoms with Gasteiger partial charge in [0.15, 0.2) is 0 Å². The Balaban J connectivity index is 1.12. The van der Waals surface area contributed by atoms with Crippen molar-refractivity contribution in [3.63, 3.8) is 0 Å². The minimum atomic E-state index is -0.169. The Hall–Kier alpha value is -11.0. The molecule has 3 nitrogen and oxygen atoms in total. The molecule has 0 aliphatic rings. The van der Waals surface area contributed by atoms with Crippen molar-refractivity contribution in [3.8, 4) is 0 Å². The Morgan fingerprint density at radius 1 is 0.190 bits per heavy atom. The molecular weight excluding hydrogens is 1010 g/mol. The van der Waals surface area contributed by atoms with Crippen LogP contribution >= 0.6 is 0 Å². The van der Waals surface area contributed by atoms with Gasteiger partial charge in [-0.3, -0.25) is 0 Å². The molecule has 0 aliphatic heterocycles. The van der Waals surface area contributed by atoms with Crippen LogP contribution in [-0.2, 0) is 0 Å². The summed E-state index contributed by atoms with van der Waals surface area (Å²) in [6.07, 6.45) is 0. The summed E-state index contributed by atoms with van der Waals surface area (Å²) >= 11 is 0. The van der Waals surface area contributed by atoms with E-state index in [9.17, 15) is 0 Å². The summed E-state index contributed by atoms with van der Waals surface area (Å²) in [5.74, 6) is -0.169. The zero-order chi connectivity index (χ0) is 55.5. The normalized spacial score (nSPS) is 12.0. The zero-order valence-corrected chi connectivity index (χ0v) is 46.1. The summed E-state index contributed by atoms with van der Waals surface area (Å²) in [6.45, 7) is 0. The standard InChI is InChI=1S/C81H55N3/c1-5-29-59(30-6-1)79(67-45-21-31-55-25-13-17-41-63(55)67)72-53-76(82(60-35-7-2-8-36-60)73-46-22-32-56-26-14-18-42-64(56)73)69-51-52-71-78(84(62-39-11-4-12-40-62)75-48-24-34-58-28-16-20-44-66(58)75)54-77(70-50-49-68(72)80(69)81(70)71)83(61-37-9-3-10-38-61)74-47-23-33-57-27-15-19-43-65(57)74/h1-54,79H. The first-order valence-electron chi connectivity index (χ1n) is 29.0. The average Bonchev–Trinajstić information content (AvgIpc) is 1.02. The van der Waals surface area contributed by atoms with Gasteiger partial charge in [0.05, 0.1) is 34.1 Å². The average molecular weight is 1070 g/mol. The highest BCUT2D eigenvalue weighted by Crippen LogP contribution is 2.55. The Morgan fingerprint density at radius 3 is 0.929 bits per heavy atom. The van der Waals surface area contributed by atoms with Crippen molar-refractivity contribution in [2.24, 2.45) is 0 Å². The van der Waals surface area contributed by atoms with E-state index in [1.165, 1.54) is 75.9 Å². The Morgan fingerprint density at radius 2 is 0.500 bits per heavy atom. The minimum Gasteiger partial charge on any atom is -0.309 e. The molecule has 16 aromatic rings. The molecule has 0 fully saturated rings. The van der Waals surface area contributed by atoms with Gasteiger partial charge in [0.2, 0.25) is 0 Å². The third kappa shape index (κ3) is 8.12. The Kier molecular flexibility index (Phi) is 11.9. The van der Waals surface area contributed by atoms with Crippen molar-refractivity contribution in [1.29, 1.82) is 0 Å². The third-order valence-electron chi connectivity index (χ3n) is 17.2. The summed E-state index contributed by atoms with van der Waals surface area (Å²) in [5.41, 5.74) is 13.5. The van der Waals surface area contributed by atoms with E-state index < -0.39 is 0 Å². The maximum Gasteiger partial charge on any atom is 0.0561 e. The van der Waals surface area contributed by atoms with Crippen molar-refractivity contribution < 1.29 is 0 Å². The first-order chi connectivity index (χ1) is 41.7. The minimum absolute atomic E-state index is 0.169. The van der Waals surface area contributed by atoms with Crippen LogP contribution < -0.4 is 14.7 Å². The van der Waals surface area contributed by atoms with E-state index in [1.807, 2.05) is 0 Å². The van der Waals surface area contributed by atoms with Gasteiger partial charge >= 0.3 is 0 Å². The van der Waals surface area contributed by atoms with Gasteiger partial charge in [-0.25, -0.2) is 0 Å². The van der Waals surface area contributed by atoms with Crippen molar-refractivity contribution in [3.05, 3.63) is 344 Å². The van der Waals surface area contributed by atoms with Crippen LogP contribution in [0.25, 0.3) is 75.4 Å². The number of anilines is 9. The fourth-order valence-electron chi connectivity index (χ4n) is 13.6. The summed E-state index contributed by atoms with van der Waals surface area (Å²) in [4.78, 5) is 7.56. The third-order valence-corrected chi connectivity index (χ3v) is 17.2. The molecule has 16 aromatic carbocycles. The van der Waals surface area contributed by atoms with E-state index >= 15 is 0 Å². The lowest BCUT2D eigenvalue weighted by molar-refractivity contribution is 1.00. The quantitative estimate of drug-likeness (QED) is 0.0892. The maximum atomic E-state index is 2.54. The SMILES string of the molecule is c1ccc(C(c2cccc3ccccc23)c2cc(N(c3ccccc3)c3cccc4ccccc34)c3ccc4c(N(c5ccccc5)c5cccc6ccccc56)cc(N(c5ccccc5)c5cccc6ccccc56)c5ccc2c3c54)cc1. The second-order valence-corrected chi connectivity index (χ2v) is 21.9. The molecule has 0 bridgehead atoms. The number of para-hydroxylation sites is 3. The summed E-state index contributed by atoms with van der Waals surface area (Å²) in [6, 6.07) is 121. The lowest BCUT2D eigenvalue weighted by Gasteiger charge is -2.34. The van der Waals surface area contributed by atoms with E-state index in [4.69, 9.17) is 0 Å². The Labute approximate surface area is 488 Å². The van der Waals surface area contributed by atoms with E-state index in [0.717, 1.165) is 67.3 Å². The molecule has 3 heteroatoms. The molecule has 84 heavy (non-hydrogen) atoms. The maximum absolute atomic E-state index is 2.54. The molecule has 1 unspecified atom stereocenters.